The highest BCUT2D eigenvalue weighted by atomic mass is 16.1. The maximum Gasteiger partial charge on any atom is 0.224 e. The highest BCUT2D eigenvalue weighted by molar-refractivity contribution is 5.79. The Morgan fingerprint density at radius 3 is 2.32 bits per heavy atom. The molecule has 0 fully saturated rings. The number of hydrogen-bond acceptors (Lipinski definition) is 1. The highest BCUT2D eigenvalue weighted by Gasteiger charge is 2.26. The Hall–Kier alpha value is -1.57. The van der Waals surface area contributed by atoms with Gasteiger partial charge in [-0.2, -0.15) is 0 Å². The maximum absolute atomic E-state index is 12.2. The molecule has 0 bridgehead atoms. The van der Waals surface area contributed by atoms with Crippen molar-refractivity contribution < 1.29 is 4.79 Å². The number of carbonyl (C=O) groups is 1. The molecule has 1 amide bonds. The van der Waals surface area contributed by atoms with Gasteiger partial charge < -0.3 is 5.32 Å². The van der Waals surface area contributed by atoms with Crippen LogP contribution in [0.15, 0.2) is 36.9 Å². The first kappa shape index (κ1) is 15.5. The Labute approximate surface area is 116 Å². The molecule has 0 saturated heterocycles. The molecule has 1 rings (SSSR count). The Morgan fingerprint density at radius 2 is 1.84 bits per heavy atom. The second kappa shape index (κ2) is 7.13. The van der Waals surface area contributed by atoms with Gasteiger partial charge >= 0.3 is 0 Å². The fraction of sp³-hybridized carbons (Fsp3) is 0.471. The Balaban J connectivity index is 2.67. The van der Waals surface area contributed by atoms with Crippen LogP contribution in [0.4, 0.5) is 0 Å². The van der Waals surface area contributed by atoms with Gasteiger partial charge in [-0.05, 0) is 31.7 Å². The first-order valence-corrected chi connectivity index (χ1v) is 7.02. The molecule has 2 heteroatoms. The lowest BCUT2D eigenvalue weighted by Crippen LogP contribution is -2.47. The molecule has 0 saturated carbocycles. The quantitative estimate of drug-likeness (QED) is 0.742. The molecule has 0 atom stereocenters. The van der Waals surface area contributed by atoms with Crippen molar-refractivity contribution in [1.29, 1.82) is 0 Å². The van der Waals surface area contributed by atoms with Crippen LogP contribution in [0.25, 0.3) is 0 Å². The van der Waals surface area contributed by atoms with Gasteiger partial charge in [-0.1, -0.05) is 49.8 Å². The van der Waals surface area contributed by atoms with E-state index < -0.39 is 0 Å². The minimum Gasteiger partial charge on any atom is -0.350 e. The van der Waals surface area contributed by atoms with Crippen LogP contribution in [0.1, 0.15) is 44.2 Å². The van der Waals surface area contributed by atoms with E-state index in [2.05, 4.69) is 25.7 Å². The van der Waals surface area contributed by atoms with Gasteiger partial charge in [0.2, 0.25) is 5.91 Å². The Kier molecular flexibility index (Phi) is 5.81. The van der Waals surface area contributed by atoms with Crippen LogP contribution in [-0.2, 0) is 11.2 Å². The second-order valence-corrected chi connectivity index (χ2v) is 5.19. The van der Waals surface area contributed by atoms with E-state index in [-0.39, 0.29) is 11.4 Å². The van der Waals surface area contributed by atoms with Gasteiger partial charge in [0.05, 0.1) is 6.42 Å². The molecule has 1 aromatic carbocycles. The lowest BCUT2D eigenvalue weighted by Gasteiger charge is -2.32. The summed E-state index contributed by atoms with van der Waals surface area (Å²) in [5.41, 5.74) is 2.14. The molecule has 0 unspecified atom stereocenters. The lowest BCUT2D eigenvalue weighted by molar-refractivity contribution is -0.122. The number of hydrogen-bond donors (Lipinski definition) is 1. The fourth-order valence-corrected chi connectivity index (χ4v) is 2.27. The first-order valence-electron chi connectivity index (χ1n) is 7.02. The third-order valence-electron chi connectivity index (χ3n) is 3.78. The number of carbonyl (C=O) groups excluding carboxylic acids is 1. The van der Waals surface area contributed by atoms with Crippen molar-refractivity contribution in [2.45, 2.75) is 52.0 Å². The van der Waals surface area contributed by atoms with E-state index in [4.69, 9.17) is 0 Å². The van der Waals surface area contributed by atoms with E-state index >= 15 is 0 Å². The van der Waals surface area contributed by atoms with E-state index in [9.17, 15) is 4.79 Å². The molecular formula is C17H25NO. The van der Waals surface area contributed by atoms with Gasteiger partial charge in [-0.3, -0.25) is 4.79 Å². The molecule has 1 N–H and O–H groups in total. The second-order valence-electron chi connectivity index (χ2n) is 5.19. The number of benzene rings is 1. The minimum atomic E-state index is -0.135. The predicted octanol–water partition coefficient (Wildman–Crippen LogP) is 3.79. The zero-order valence-corrected chi connectivity index (χ0v) is 12.3. The average Bonchev–Trinajstić information content (AvgIpc) is 2.41. The monoisotopic (exact) mass is 259 g/mol. The first-order chi connectivity index (χ1) is 9.05. The summed E-state index contributed by atoms with van der Waals surface area (Å²) < 4.78 is 0. The number of rotatable bonds is 7. The van der Waals surface area contributed by atoms with Crippen LogP contribution >= 0.6 is 0 Å². The maximum atomic E-state index is 12.2. The normalized spacial score (nSPS) is 11.1. The van der Waals surface area contributed by atoms with Crippen LogP contribution in [0.3, 0.4) is 0 Å². The van der Waals surface area contributed by atoms with Gasteiger partial charge in [-0.25, -0.2) is 0 Å². The summed E-state index contributed by atoms with van der Waals surface area (Å²) in [4.78, 5) is 12.2. The third-order valence-corrected chi connectivity index (χ3v) is 3.78. The van der Waals surface area contributed by atoms with Gasteiger partial charge in [0.15, 0.2) is 0 Å². The van der Waals surface area contributed by atoms with E-state index in [0.717, 1.165) is 24.8 Å². The van der Waals surface area contributed by atoms with Gasteiger partial charge in [0.1, 0.15) is 0 Å². The summed E-state index contributed by atoms with van der Waals surface area (Å²) in [6, 6.07) is 8.11. The molecule has 104 valence electrons. The molecule has 0 radical (unpaired) electrons. The highest BCUT2D eigenvalue weighted by Crippen LogP contribution is 2.20. The molecule has 2 nitrogen and oxygen atoms in total. The van der Waals surface area contributed by atoms with Crippen LogP contribution < -0.4 is 5.32 Å². The van der Waals surface area contributed by atoms with Crippen LogP contribution in [0, 0.1) is 6.92 Å². The van der Waals surface area contributed by atoms with E-state index in [1.165, 1.54) is 5.56 Å². The van der Waals surface area contributed by atoms with Crippen LogP contribution in [0.5, 0.6) is 0 Å². The molecular weight excluding hydrogens is 234 g/mol. The molecule has 19 heavy (non-hydrogen) atoms. The Morgan fingerprint density at radius 1 is 1.26 bits per heavy atom. The van der Waals surface area contributed by atoms with Gasteiger partial charge in [0, 0.05) is 5.54 Å². The fourth-order valence-electron chi connectivity index (χ4n) is 2.27. The summed E-state index contributed by atoms with van der Waals surface area (Å²) >= 11 is 0. The van der Waals surface area contributed by atoms with Gasteiger partial charge in [0.25, 0.3) is 0 Å². The number of aryl methyl sites for hydroxylation is 1. The molecule has 0 aliphatic rings. The van der Waals surface area contributed by atoms with Gasteiger partial charge in [-0.15, -0.1) is 6.58 Å². The number of nitrogens with one attached hydrogen (secondary N) is 1. The SMILES string of the molecule is C=CCC(CC)(CC)NC(=O)Cc1ccc(C)cc1. The minimum absolute atomic E-state index is 0.0920. The zero-order valence-electron chi connectivity index (χ0n) is 12.3. The van der Waals surface area contributed by atoms with E-state index in [1.807, 2.05) is 37.3 Å². The van der Waals surface area contributed by atoms with E-state index in [1.54, 1.807) is 0 Å². The summed E-state index contributed by atoms with van der Waals surface area (Å²) in [5, 5.41) is 3.18. The smallest absolute Gasteiger partial charge is 0.224 e. The molecule has 0 aliphatic heterocycles. The molecule has 0 aliphatic carbocycles. The van der Waals surface area contributed by atoms with Crippen molar-refractivity contribution in [2.75, 3.05) is 0 Å². The molecule has 0 spiro atoms. The Bertz CT molecular complexity index is 415. The summed E-state index contributed by atoms with van der Waals surface area (Å²) in [5.74, 6) is 0.0920. The topological polar surface area (TPSA) is 29.1 Å². The van der Waals surface area contributed by atoms with Crippen molar-refractivity contribution in [1.82, 2.24) is 5.32 Å². The summed E-state index contributed by atoms with van der Waals surface area (Å²) in [7, 11) is 0. The zero-order chi connectivity index (χ0) is 14.3. The van der Waals surface area contributed by atoms with Crippen molar-refractivity contribution in [2.24, 2.45) is 0 Å². The molecule has 0 heterocycles. The van der Waals surface area contributed by atoms with Crippen molar-refractivity contribution in [3.05, 3.63) is 48.0 Å². The largest absolute Gasteiger partial charge is 0.350 e. The van der Waals surface area contributed by atoms with Crippen molar-refractivity contribution in [3.63, 3.8) is 0 Å². The molecule has 1 aromatic rings. The van der Waals surface area contributed by atoms with Crippen molar-refractivity contribution >= 4 is 5.91 Å². The standard InChI is InChI=1S/C17H25NO/c1-5-12-17(6-2,7-3)18-16(19)13-15-10-8-14(4)9-11-15/h5,8-11H,1,6-7,12-13H2,2-4H3,(H,18,19). The van der Waals surface area contributed by atoms with Crippen molar-refractivity contribution in [3.8, 4) is 0 Å². The third kappa shape index (κ3) is 4.55. The van der Waals surface area contributed by atoms with Crippen LogP contribution in [-0.4, -0.2) is 11.4 Å². The average molecular weight is 259 g/mol. The number of amides is 1. The van der Waals surface area contributed by atoms with E-state index in [0.29, 0.717) is 6.42 Å². The summed E-state index contributed by atoms with van der Waals surface area (Å²) in [6.07, 6.45) is 5.00. The summed E-state index contributed by atoms with van der Waals surface area (Å²) in [6.45, 7) is 10.1. The lowest BCUT2D eigenvalue weighted by atomic mass is 9.88. The predicted molar refractivity (Wildman–Crippen MR) is 81.2 cm³/mol. The molecule has 0 aromatic heterocycles. The van der Waals surface area contributed by atoms with Crippen LogP contribution in [0.2, 0.25) is 0 Å².